The monoisotopic (exact) mass is 484 g/mol. The highest BCUT2D eigenvalue weighted by molar-refractivity contribution is 5.89. The van der Waals surface area contributed by atoms with E-state index in [0.29, 0.717) is 30.8 Å². The first kappa shape index (κ1) is 23.0. The van der Waals surface area contributed by atoms with Crippen LogP contribution in [0.4, 0.5) is 0 Å². The van der Waals surface area contributed by atoms with Crippen LogP contribution in [-0.2, 0) is 35.6 Å². The van der Waals surface area contributed by atoms with Crippen LogP contribution in [0.15, 0.2) is 46.3 Å². The fraction of sp³-hybridized carbons (Fsp3) is 0.400. The van der Waals surface area contributed by atoms with Crippen molar-refractivity contribution in [2.75, 3.05) is 13.1 Å². The van der Waals surface area contributed by atoms with Gasteiger partial charge in [0, 0.05) is 25.2 Å². The number of phenols is 1. The van der Waals surface area contributed by atoms with Gasteiger partial charge in [-0.05, 0) is 78.7 Å². The summed E-state index contributed by atoms with van der Waals surface area (Å²) in [5.41, 5.74) is 9.10. The Morgan fingerprint density at radius 1 is 1.19 bits per heavy atom. The number of fused-ring (bicyclic) bond motifs is 5. The highest BCUT2D eigenvalue weighted by Gasteiger charge is 2.34. The first-order chi connectivity index (χ1) is 17.5. The van der Waals surface area contributed by atoms with Gasteiger partial charge in [-0.1, -0.05) is 30.7 Å². The van der Waals surface area contributed by atoms with E-state index in [9.17, 15) is 14.7 Å². The van der Waals surface area contributed by atoms with Gasteiger partial charge in [0.15, 0.2) is 0 Å². The van der Waals surface area contributed by atoms with Gasteiger partial charge in [0.05, 0.1) is 23.7 Å². The molecule has 0 radical (unpaired) electrons. The number of benzene rings is 1. The molecule has 1 atom stereocenters. The normalized spacial score (nSPS) is 20.9. The van der Waals surface area contributed by atoms with Crippen molar-refractivity contribution in [2.24, 2.45) is 0 Å². The first-order valence-electron chi connectivity index (χ1n) is 13.0. The second-order valence-corrected chi connectivity index (χ2v) is 10.3. The molecule has 0 amide bonds. The minimum atomic E-state index is -0.389. The predicted octanol–water partition coefficient (Wildman–Crippen LogP) is 4.68. The topological polar surface area (TPSA) is 71.8 Å². The van der Waals surface area contributed by atoms with Crippen molar-refractivity contribution in [3.05, 3.63) is 85.4 Å². The second kappa shape index (κ2) is 8.93. The smallest absolute Gasteiger partial charge is 0.313 e. The molecule has 2 aromatic rings. The Balaban J connectivity index is 1.39. The summed E-state index contributed by atoms with van der Waals surface area (Å²) in [7, 11) is 0. The molecule has 1 aromatic heterocycles. The number of likely N-dealkylation sites (tertiary alicyclic amines) is 1. The lowest BCUT2D eigenvalue weighted by Gasteiger charge is -2.29. The molecule has 1 fully saturated rings. The number of ether oxygens (including phenoxy) is 1. The summed E-state index contributed by atoms with van der Waals surface area (Å²) in [6.45, 7) is 7.30. The van der Waals surface area contributed by atoms with Crippen LogP contribution in [0.1, 0.15) is 72.5 Å². The number of pyridine rings is 1. The third-order valence-electron chi connectivity index (χ3n) is 8.37. The zero-order valence-corrected chi connectivity index (χ0v) is 21.0. The number of carbonyl (C=O) groups excluding carboxylic acids is 1. The molecule has 1 aromatic carbocycles. The zero-order chi connectivity index (χ0) is 25.0. The fourth-order valence-electron chi connectivity index (χ4n) is 6.20. The summed E-state index contributed by atoms with van der Waals surface area (Å²) in [4.78, 5) is 28.2. The molecule has 4 aliphatic rings. The number of esters is 1. The zero-order valence-electron chi connectivity index (χ0n) is 21.0. The summed E-state index contributed by atoms with van der Waals surface area (Å²) in [6, 6.07) is 5.87. The average molecular weight is 485 g/mol. The Kier molecular flexibility index (Phi) is 5.72. The maximum atomic E-state index is 13.4. The molecule has 1 aliphatic carbocycles. The van der Waals surface area contributed by atoms with E-state index in [4.69, 9.17) is 4.74 Å². The van der Waals surface area contributed by atoms with Gasteiger partial charge in [0.1, 0.15) is 12.4 Å². The molecule has 6 nitrogen and oxygen atoms in total. The lowest BCUT2D eigenvalue weighted by molar-refractivity contribution is -0.148. The van der Waals surface area contributed by atoms with Crippen LogP contribution >= 0.6 is 0 Å². The molecule has 4 heterocycles. The summed E-state index contributed by atoms with van der Waals surface area (Å²) in [6.07, 6.45) is 10.1. The van der Waals surface area contributed by atoms with Crippen molar-refractivity contribution in [3.63, 3.8) is 0 Å². The van der Waals surface area contributed by atoms with Gasteiger partial charge in [-0.25, -0.2) is 0 Å². The summed E-state index contributed by atoms with van der Waals surface area (Å²) >= 11 is 0. The van der Waals surface area contributed by atoms with Gasteiger partial charge in [0.2, 0.25) is 0 Å². The number of rotatable bonds is 3. The third-order valence-corrected chi connectivity index (χ3v) is 8.37. The van der Waals surface area contributed by atoms with Gasteiger partial charge in [-0.3, -0.25) is 14.5 Å². The van der Waals surface area contributed by atoms with E-state index in [1.54, 1.807) is 0 Å². The molecule has 0 saturated carbocycles. The maximum absolute atomic E-state index is 13.4. The van der Waals surface area contributed by atoms with Crippen LogP contribution in [0.5, 0.6) is 5.75 Å². The molecule has 6 heteroatoms. The first-order valence-corrected chi connectivity index (χ1v) is 13.0. The van der Waals surface area contributed by atoms with E-state index >= 15 is 0 Å². The molecular formula is C30H32N2O4. The number of hydrogen-bond acceptors (Lipinski definition) is 5. The van der Waals surface area contributed by atoms with Crippen LogP contribution in [0.25, 0.3) is 11.6 Å². The maximum Gasteiger partial charge on any atom is 0.313 e. The van der Waals surface area contributed by atoms with Crippen LogP contribution in [0.2, 0.25) is 0 Å². The van der Waals surface area contributed by atoms with Crippen LogP contribution in [-0.4, -0.2) is 33.6 Å². The van der Waals surface area contributed by atoms with Crippen molar-refractivity contribution in [3.8, 4) is 5.75 Å². The molecule has 6 rings (SSSR count). The summed E-state index contributed by atoms with van der Waals surface area (Å²) < 4.78 is 7.15. The van der Waals surface area contributed by atoms with Gasteiger partial charge >= 0.3 is 5.97 Å². The molecule has 36 heavy (non-hydrogen) atoms. The molecule has 0 spiro atoms. The Bertz CT molecular complexity index is 1420. The van der Waals surface area contributed by atoms with E-state index in [0.717, 1.165) is 65.9 Å². The quantitative estimate of drug-likeness (QED) is 0.506. The number of phenolic OH excluding ortho intramolecular Hbond substituents is 1. The van der Waals surface area contributed by atoms with E-state index in [-0.39, 0.29) is 24.1 Å². The van der Waals surface area contributed by atoms with Crippen molar-refractivity contribution >= 4 is 17.6 Å². The van der Waals surface area contributed by atoms with E-state index < -0.39 is 0 Å². The minimum Gasteiger partial charge on any atom is -0.508 e. The van der Waals surface area contributed by atoms with Crippen LogP contribution in [0.3, 0.4) is 0 Å². The Hall–Kier alpha value is -3.38. The Morgan fingerprint density at radius 2 is 2.00 bits per heavy atom. The fourth-order valence-corrected chi connectivity index (χ4v) is 6.20. The standard InChI is InChI=1S/C30H32N2O4/c1-3-18-9-11-31(12-10-18)16-25-23-13-20-15-32-27(22(20)7-5-19(23)6-8-28(25)33)14-24-21(4-2)30(35)36-17-26(24)29(32)34/h3,6-8,13-14,21,33H,4-5,9-12,15-17H2,1-2H3. The number of cyclic esters (lactones) is 1. The second-order valence-electron chi connectivity index (χ2n) is 10.3. The van der Waals surface area contributed by atoms with Gasteiger partial charge in [-0.15, -0.1) is 0 Å². The van der Waals surface area contributed by atoms with Crippen molar-refractivity contribution < 1.29 is 14.6 Å². The predicted molar refractivity (Wildman–Crippen MR) is 140 cm³/mol. The van der Waals surface area contributed by atoms with Crippen LogP contribution < -0.4 is 5.56 Å². The number of carbonyl (C=O) groups is 1. The number of nitrogens with zero attached hydrogens (tertiary/aromatic N) is 2. The number of aromatic nitrogens is 1. The molecule has 3 aliphatic heterocycles. The molecule has 1 saturated heterocycles. The SMILES string of the molecule is CC=C1CCN(Cc2c(O)ccc3c2C=C2Cn4c(cc5c(c4=O)COC(=O)C5CC)C2=CC3)CC1. The van der Waals surface area contributed by atoms with Crippen LogP contribution in [0, 0.1) is 0 Å². The average Bonchev–Trinajstić information content (AvgIpc) is 3.12. The Labute approximate surface area is 211 Å². The number of allylic oxidation sites excluding steroid dienone is 4. The third kappa shape index (κ3) is 3.66. The summed E-state index contributed by atoms with van der Waals surface area (Å²) in [5.74, 6) is -0.305. The lowest BCUT2D eigenvalue weighted by atomic mass is 9.90. The molecule has 0 bridgehead atoms. The number of hydrogen-bond donors (Lipinski definition) is 1. The summed E-state index contributed by atoms with van der Waals surface area (Å²) in [5, 5.41) is 10.9. The number of piperidine rings is 1. The van der Waals surface area contributed by atoms with Crippen molar-refractivity contribution in [2.45, 2.75) is 65.1 Å². The molecule has 1 N–H and O–H groups in total. The minimum absolute atomic E-state index is 0.0491. The highest BCUT2D eigenvalue weighted by Crippen LogP contribution is 2.41. The lowest BCUT2D eigenvalue weighted by Crippen LogP contribution is -2.32. The molecule has 186 valence electrons. The largest absolute Gasteiger partial charge is 0.508 e. The van der Waals surface area contributed by atoms with E-state index in [1.165, 1.54) is 11.1 Å². The Morgan fingerprint density at radius 3 is 2.75 bits per heavy atom. The van der Waals surface area contributed by atoms with Gasteiger partial charge in [-0.2, -0.15) is 0 Å². The van der Waals surface area contributed by atoms with Gasteiger partial charge < -0.3 is 14.4 Å². The number of aromatic hydroxyl groups is 1. The molecular weight excluding hydrogens is 452 g/mol. The van der Waals surface area contributed by atoms with Gasteiger partial charge in [0.25, 0.3) is 5.56 Å². The van der Waals surface area contributed by atoms with E-state index in [2.05, 4.69) is 30.1 Å². The van der Waals surface area contributed by atoms with Crippen molar-refractivity contribution in [1.82, 2.24) is 9.47 Å². The van der Waals surface area contributed by atoms with E-state index in [1.807, 2.05) is 29.7 Å². The highest BCUT2D eigenvalue weighted by atomic mass is 16.5. The van der Waals surface area contributed by atoms with Crippen molar-refractivity contribution in [1.29, 1.82) is 0 Å². The molecule has 1 unspecified atom stereocenters.